The Hall–Kier alpha value is -3.28. The van der Waals surface area contributed by atoms with Crippen molar-refractivity contribution in [3.63, 3.8) is 0 Å². The first-order valence-corrected chi connectivity index (χ1v) is 8.22. The predicted octanol–water partition coefficient (Wildman–Crippen LogP) is 3.33. The maximum absolute atomic E-state index is 12.3. The zero-order valence-electron chi connectivity index (χ0n) is 14.7. The minimum atomic E-state index is -0.182. The van der Waals surface area contributed by atoms with E-state index in [1.807, 2.05) is 36.4 Å². The molecule has 2 aromatic carbocycles. The van der Waals surface area contributed by atoms with Gasteiger partial charge in [-0.05, 0) is 24.3 Å². The SMILES string of the molecule is COc1cccc(-c2cc(CCNC(=O)c3ccccc3OC)no2)c1. The molecule has 0 bridgehead atoms. The zero-order chi connectivity index (χ0) is 18.4. The van der Waals surface area contributed by atoms with E-state index in [1.165, 1.54) is 0 Å². The quantitative estimate of drug-likeness (QED) is 0.706. The average Bonchev–Trinajstić information content (AvgIpc) is 3.17. The fourth-order valence-corrected chi connectivity index (χ4v) is 2.57. The number of ether oxygens (including phenoxy) is 2. The zero-order valence-corrected chi connectivity index (χ0v) is 14.7. The highest BCUT2D eigenvalue weighted by molar-refractivity contribution is 5.96. The minimum absolute atomic E-state index is 0.182. The first kappa shape index (κ1) is 17.5. The van der Waals surface area contributed by atoms with Crippen LogP contribution in [-0.4, -0.2) is 31.8 Å². The maximum Gasteiger partial charge on any atom is 0.255 e. The molecule has 0 aliphatic heterocycles. The summed E-state index contributed by atoms with van der Waals surface area (Å²) in [5.41, 5.74) is 2.16. The van der Waals surface area contributed by atoms with Gasteiger partial charge in [0.2, 0.25) is 0 Å². The molecular formula is C20H20N2O4. The van der Waals surface area contributed by atoms with E-state index >= 15 is 0 Å². The van der Waals surface area contributed by atoms with Gasteiger partial charge in [-0.25, -0.2) is 0 Å². The van der Waals surface area contributed by atoms with Crippen LogP contribution in [-0.2, 0) is 6.42 Å². The summed E-state index contributed by atoms with van der Waals surface area (Å²) in [6.45, 7) is 0.445. The lowest BCUT2D eigenvalue weighted by molar-refractivity contribution is 0.0951. The molecule has 1 amide bonds. The van der Waals surface area contributed by atoms with E-state index in [4.69, 9.17) is 14.0 Å². The van der Waals surface area contributed by atoms with Crippen LogP contribution in [0.3, 0.4) is 0 Å². The molecule has 3 rings (SSSR count). The minimum Gasteiger partial charge on any atom is -0.497 e. The van der Waals surface area contributed by atoms with Crippen molar-refractivity contribution >= 4 is 5.91 Å². The highest BCUT2D eigenvalue weighted by atomic mass is 16.5. The van der Waals surface area contributed by atoms with Crippen molar-refractivity contribution < 1.29 is 18.8 Å². The molecule has 0 fully saturated rings. The van der Waals surface area contributed by atoms with Crippen LogP contribution >= 0.6 is 0 Å². The Balaban J connectivity index is 1.59. The summed E-state index contributed by atoms with van der Waals surface area (Å²) in [5, 5.41) is 6.93. The van der Waals surface area contributed by atoms with Crippen molar-refractivity contribution in [3.8, 4) is 22.8 Å². The predicted molar refractivity (Wildman–Crippen MR) is 97.5 cm³/mol. The second-order valence-electron chi connectivity index (χ2n) is 5.62. The Bertz CT molecular complexity index is 889. The smallest absolute Gasteiger partial charge is 0.255 e. The number of nitrogens with one attached hydrogen (secondary N) is 1. The van der Waals surface area contributed by atoms with Gasteiger partial charge in [0.05, 0.1) is 25.5 Å². The van der Waals surface area contributed by atoms with Crippen LogP contribution in [0.5, 0.6) is 11.5 Å². The normalized spacial score (nSPS) is 10.4. The first-order valence-electron chi connectivity index (χ1n) is 8.22. The van der Waals surface area contributed by atoms with E-state index in [0.29, 0.717) is 30.0 Å². The van der Waals surface area contributed by atoms with Crippen molar-refractivity contribution in [2.24, 2.45) is 0 Å². The van der Waals surface area contributed by atoms with Gasteiger partial charge in [0.1, 0.15) is 11.5 Å². The summed E-state index contributed by atoms with van der Waals surface area (Å²) >= 11 is 0. The number of carbonyl (C=O) groups excluding carboxylic acids is 1. The molecule has 0 saturated heterocycles. The lowest BCUT2D eigenvalue weighted by Gasteiger charge is -2.08. The van der Waals surface area contributed by atoms with Crippen LogP contribution in [0.1, 0.15) is 16.1 Å². The average molecular weight is 352 g/mol. The molecule has 26 heavy (non-hydrogen) atoms. The van der Waals surface area contributed by atoms with Crippen molar-refractivity contribution in [2.45, 2.75) is 6.42 Å². The monoisotopic (exact) mass is 352 g/mol. The van der Waals surface area contributed by atoms with Crippen LogP contribution < -0.4 is 14.8 Å². The molecule has 0 aliphatic carbocycles. The van der Waals surface area contributed by atoms with Crippen molar-refractivity contribution in [2.75, 3.05) is 20.8 Å². The Kier molecular flexibility index (Phi) is 5.53. The molecule has 1 heterocycles. The van der Waals surface area contributed by atoms with Crippen molar-refractivity contribution in [3.05, 3.63) is 65.9 Å². The summed E-state index contributed by atoms with van der Waals surface area (Å²) < 4.78 is 15.8. The molecule has 1 N–H and O–H groups in total. The van der Waals surface area contributed by atoms with E-state index in [9.17, 15) is 4.79 Å². The number of hydrogen-bond acceptors (Lipinski definition) is 5. The van der Waals surface area contributed by atoms with Gasteiger partial charge in [0.25, 0.3) is 5.91 Å². The van der Waals surface area contributed by atoms with E-state index in [1.54, 1.807) is 32.4 Å². The van der Waals surface area contributed by atoms with Gasteiger partial charge in [-0.2, -0.15) is 0 Å². The number of aromatic nitrogens is 1. The fourth-order valence-electron chi connectivity index (χ4n) is 2.57. The summed E-state index contributed by atoms with van der Waals surface area (Å²) in [6.07, 6.45) is 0.564. The molecule has 1 aromatic heterocycles. The van der Waals surface area contributed by atoms with E-state index in [2.05, 4.69) is 10.5 Å². The summed E-state index contributed by atoms with van der Waals surface area (Å²) in [4.78, 5) is 12.3. The Morgan fingerprint density at radius 1 is 1.08 bits per heavy atom. The van der Waals surface area contributed by atoms with Crippen LogP contribution in [0.15, 0.2) is 59.1 Å². The van der Waals surface area contributed by atoms with Gasteiger partial charge in [0, 0.05) is 24.6 Å². The molecule has 0 spiro atoms. The second kappa shape index (κ2) is 8.20. The van der Waals surface area contributed by atoms with Gasteiger partial charge in [0.15, 0.2) is 5.76 Å². The second-order valence-corrected chi connectivity index (χ2v) is 5.62. The fraction of sp³-hybridized carbons (Fsp3) is 0.200. The number of amides is 1. The molecule has 0 saturated carbocycles. The first-order chi connectivity index (χ1) is 12.7. The lowest BCUT2D eigenvalue weighted by Crippen LogP contribution is -2.26. The Labute approximate surface area is 151 Å². The maximum atomic E-state index is 12.3. The molecule has 0 aliphatic rings. The summed E-state index contributed by atoms with van der Waals surface area (Å²) in [7, 11) is 3.16. The highest BCUT2D eigenvalue weighted by Gasteiger charge is 2.12. The number of carbonyl (C=O) groups is 1. The molecular weight excluding hydrogens is 332 g/mol. The molecule has 6 heteroatoms. The van der Waals surface area contributed by atoms with Crippen LogP contribution in [0.4, 0.5) is 0 Å². The third-order valence-electron chi connectivity index (χ3n) is 3.93. The van der Waals surface area contributed by atoms with Crippen molar-refractivity contribution in [1.82, 2.24) is 10.5 Å². The summed E-state index contributed by atoms with van der Waals surface area (Å²) in [6, 6.07) is 16.5. The van der Waals surface area contributed by atoms with Gasteiger partial charge < -0.3 is 19.3 Å². The van der Waals surface area contributed by atoms with E-state index < -0.39 is 0 Å². The topological polar surface area (TPSA) is 73.6 Å². The number of methoxy groups -OCH3 is 2. The lowest BCUT2D eigenvalue weighted by atomic mass is 10.1. The highest BCUT2D eigenvalue weighted by Crippen LogP contribution is 2.24. The molecule has 0 radical (unpaired) electrons. The number of benzene rings is 2. The van der Waals surface area contributed by atoms with Gasteiger partial charge >= 0.3 is 0 Å². The molecule has 134 valence electrons. The number of rotatable bonds is 7. The Morgan fingerprint density at radius 3 is 2.73 bits per heavy atom. The van der Waals surface area contributed by atoms with Crippen LogP contribution in [0, 0.1) is 0 Å². The van der Waals surface area contributed by atoms with Crippen molar-refractivity contribution in [1.29, 1.82) is 0 Å². The third kappa shape index (κ3) is 4.03. The van der Waals surface area contributed by atoms with Gasteiger partial charge in [-0.1, -0.05) is 29.4 Å². The van der Waals surface area contributed by atoms with E-state index in [-0.39, 0.29) is 5.91 Å². The van der Waals surface area contributed by atoms with Gasteiger partial charge in [-0.15, -0.1) is 0 Å². The Morgan fingerprint density at radius 2 is 1.92 bits per heavy atom. The standard InChI is InChI=1S/C20H20N2O4/c1-24-16-7-5-6-14(12-16)19-13-15(22-26-19)10-11-21-20(23)17-8-3-4-9-18(17)25-2/h3-9,12-13H,10-11H2,1-2H3,(H,21,23). The van der Waals surface area contributed by atoms with Crippen LogP contribution in [0.2, 0.25) is 0 Å². The van der Waals surface area contributed by atoms with Gasteiger partial charge in [-0.3, -0.25) is 4.79 Å². The number of para-hydroxylation sites is 1. The summed E-state index contributed by atoms with van der Waals surface area (Å²) in [5.74, 6) is 1.78. The molecule has 0 atom stereocenters. The largest absolute Gasteiger partial charge is 0.497 e. The van der Waals surface area contributed by atoms with Crippen LogP contribution in [0.25, 0.3) is 11.3 Å². The molecule has 6 nitrogen and oxygen atoms in total. The molecule has 3 aromatic rings. The molecule has 0 unspecified atom stereocenters. The third-order valence-corrected chi connectivity index (χ3v) is 3.93. The number of nitrogens with zero attached hydrogens (tertiary/aromatic N) is 1. The van der Waals surface area contributed by atoms with E-state index in [0.717, 1.165) is 17.0 Å². The number of hydrogen-bond donors (Lipinski definition) is 1.